The van der Waals surface area contributed by atoms with E-state index in [1.807, 2.05) is 0 Å². The summed E-state index contributed by atoms with van der Waals surface area (Å²) in [5.41, 5.74) is 0. The van der Waals surface area contributed by atoms with Crippen LogP contribution in [0.4, 0.5) is 0 Å². The molecule has 0 unspecified atom stereocenters. The first-order valence-electron chi connectivity index (χ1n) is 5.40. The van der Waals surface area contributed by atoms with Crippen molar-refractivity contribution >= 4 is 8.80 Å². The molecule has 2 heteroatoms. The molecule has 0 spiro atoms. The van der Waals surface area contributed by atoms with Crippen LogP contribution in [0, 0.1) is 0 Å². The molecule has 0 heterocycles. The first-order chi connectivity index (χ1) is 5.79. The second-order valence-electron chi connectivity index (χ2n) is 4.31. The highest BCUT2D eigenvalue weighted by atomic mass is 28.3. The van der Waals surface area contributed by atoms with Crippen LogP contribution in [0.15, 0.2) is 0 Å². The van der Waals surface area contributed by atoms with Crippen molar-refractivity contribution in [3.8, 4) is 0 Å². The van der Waals surface area contributed by atoms with E-state index in [-0.39, 0.29) is 8.80 Å². The lowest BCUT2D eigenvalue weighted by atomic mass is 9.98. The molecular formula is C10H22OSi. The minimum absolute atomic E-state index is 0.367. The van der Waals surface area contributed by atoms with Crippen LogP contribution in [0.5, 0.6) is 0 Å². The van der Waals surface area contributed by atoms with Crippen LogP contribution in [-0.4, -0.2) is 21.5 Å². The molecule has 0 N–H and O–H groups in total. The molecule has 0 bridgehead atoms. The summed E-state index contributed by atoms with van der Waals surface area (Å²) in [6.45, 7) is 5.82. The molecule has 0 aromatic carbocycles. The normalized spacial score (nSPS) is 20.2. The Morgan fingerprint density at radius 1 is 1.17 bits per heavy atom. The highest BCUT2D eigenvalue weighted by Crippen LogP contribution is 2.20. The second-order valence-corrected chi connectivity index (χ2v) is 7.68. The Morgan fingerprint density at radius 2 is 1.83 bits per heavy atom. The zero-order valence-corrected chi connectivity index (χ0v) is 9.67. The van der Waals surface area contributed by atoms with Gasteiger partial charge in [-0.25, -0.2) is 0 Å². The Kier molecular flexibility index (Phi) is 4.92. The summed E-state index contributed by atoms with van der Waals surface area (Å²) in [5, 5.41) is 0. The molecule has 1 fully saturated rings. The molecule has 1 saturated carbocycles. The lowest BCUT2D eigenvalue weighted by molar-refractivity contribution is 0.0366. The van der Waals surface area contributed by atoms with Crippen LogP contribution in [0.25, 0.3) is 0 Å². The van der Waals surface area contributed by atoms with Gasteiger partial charge in [0.15, 0.2) is 0 Å². The van der Waals surface area contributed by atoms with Gasteiger partial charge in [-0.1, -0.05) is 32.4 Å². The molecule has 0 amide bonds. The molecule has 0 aromatic rings. The van der Waals surface area contributed by atoms with Crippen LogP contribution in [0.2, 0.25) is 19.1 Å². The van der Waals surface area contributed by atoms with Gasteiger partial charge in [0.05, 0.1) is 6.10 Å². The zero-order chi connectivity index (χ0) is 8.81. The summed E-state index contributed by atoms with van der Waals surface area (Å²) >= 11 is 0. The second kappa shape index (κ2) is 5.76. The predicted molar refractivity (Wildman–Crippen MR) is 56.5 cm³/mol. The van der Waals surface area contributed by atoms with Gasteiger partial charge in [-0.15, -0.1) is 0 Å². The highest BCUT2D eigenvalue weighted by Gasteiger charge is 2.13. The third kappa shape index (κ3) is 4.26. The van der Waals surface area contributed by atoms with Crippen molar-refractivity contribution in [2.75, 3.05) is 6.61 Å². The number of rotatable bonds is 4. The van der Waals surface area contributed by atoms with E-state index >= 15 is 0 Å². The fourth-order valence-electron chi connectivity index (χ4n) is 1.70. The van der Waals surface area contributed by atoms with Crippen LogP contribution >= 0.6 is 0 Å². The quantitative estimate of drug-likeness (QED) is 0.614. The monoisotopic (exact) mass is 186 g/mol. The first kappa shape index (κ1) is 10.3. The Hall–Kier alpha value is 0.177. The smallest absolute Gasteiger partial charge is 0.0575 e. The SMILES string of the molecule is C[SiH](C)CCOC1CCCCC1. The lowest BCUT2D eigenvalue weighted by Gasteiger charge is -2.22. The summed E-state index contributed by atoms with van der Waals surface area (Å²) in [6, 6.07) is 1.36. The molecule has 1 rings (SSSR count). The van der Waals surface area contributed by atoms with Crippen molar-refractivity contribution in [3.63, 3.8) is 0 Å². The lowest BCUT2D eigenvalue weighted by Crippen LogP contribution is -2.18. The molecule has 1 aliphatic carbocycles. The molecule has 72 valence electrons. The van der Waals surface area contributed by atoms with Crippen LogP contribution in [0.3, 0.4) is 0 Å². The Bertz CT molecular complexity index is 108. The highest BCUT2D eigenvalue weighted by molar-refractivity contribution is 6.55. The summed E-state index contributed by atoms with van der Waals surface area (Å²) < 4.78 is 5.83. The largest absolute Gasteiger partial charge is 0.379 e. The number of hydrogen-bond acceptors (Lipinski definition) is 1. The van der Waals surface area contributed by atoms with E-state index < -0.39 is 0 Å². The van der Waals surface area contributed by atoms with Gasteiger partial charge >= 0.3 is 0 Å². The van der Waals surface area contributed by atoms with Crippen LogP contribution < -0.4 is 0 Å². The summed E-state index contributed by atoms with van der Waals surface area (Å²) in [7, 11) is -0.367. The molecule has 0 aliphatic heterocycles. The molecule has 0 radical (unpaired) electrons. The van der Waals surface area contributed by atoms with Crippen LogP contribution in [-0.2, 0) is 4.74 Å². The van der Waals surface area contributed by atoms with Crippen molar-refractivity contribution in [2.45, 2.75) is 57.3 Å². The van der Waals surface area contributed by atoms with E-state index in [0.29, 0.717) is 6.10 Å². The average molecular weight is 186 g/mol. The molecule has 0 saturated heterocycles. The summed E-state index contributed by atoms with van der Waals surface area (Å²) in [4.78, 5) is 0. The molecule has 1 aliphatic rings. The fraction of sp³-hybridized carbons (Fsp3) is 1.00. The van der Waals surface area contributed by atoms with E-state index in [0.717, 1.165) is 6.61 Å². The summed E-state index contributed by atoms with van der Waals surface area (Å²) in [5.74, 6) is 0. The minimum Gasteiger partial charge on any atom is -0.379 e. The maximum atomic E-state index is 5.83. The van der Waals surface area contributed by atoms with Gasteiger partial charge in [-0.05, 0) is 18.9 Å². The Morgan fingerprint density at radius 3 is 2.42 bits per heavy atom. The third-order valence-electron chi connectivity index (χ3n) is 2.60. The maximum Gasteiger partial charge on any atom is 0.0575 e. The Labute approximate surface area is 78.1 Å². The average Bonchev–Trinajstić information content (AvgIpc) is 2.05. The maximum absolute atomic E-state index is 5.83. The van der Waals surface area contributed by atoms with Crippen molar-refractivity contribution in [3.05, 3.63) is 0 Å². The van der Waals surface area contributed by atoms with Gasteiger partial charge in [0, 0.05) is 15.4 Å². The molecule has 0 atom stereocenters. The third-order valence-corrected chi connectivity index (χ3v) is 3.99. The van der Waals surface area contributed by atoms with Gasteiger partial charge < -0.3 is 4.74 Å². The zero-order valence-electron chi connectivity index (χ0n) is 8.51. The molecule has 0 aromatic heterocycles. The number of hydrogen-bond donors (Lipinski definition) is 0. The van der Waals surface area contributed by atoms with E-state index in [9.17, 15) is 0 Å². The van der Waals surface area contributed by atoms with Gasteiger partial charge in [0.2, 0.25) is 0 Å². The van der Waals surface area contributed by atoms with Gasteiger partial charge in [-0.2, -0.15) is 0 Å². The van der Waals surface area contributed by atoms with E-state index in [4.69, 9.17) is 4.74 Å². The van der Waals surface area contributed by atoms with E-state index in [1.54, 1.807) is 0 Å². The van der Waals surface area contributed by atoms with Crippen molar-refractivity contribution in [1.29, 1.82) is 0 Å². The van der Waals surface area contributed by atoms with E-state index in [2.05, 4.69) is 13.1 Å². The first-order valence-corrected chi connectivity index (χ1v) is 8.53. The van der Waals surface area contributed by atoms with Crippen LogP contribution in [0.1, 0.15) is 32.1 Å². The minimum atomic E-state index is -0.367. The predicted octanol–water partition coefficient (Wildman–Crippen LogP) is 2.82. The fourth-order valence-corrected chi connectivity index (χ4v) is 2.31. The van der Waals surface area contributed by atoms with Gasteiger partial charge in [0.25, 0.3) is 0 Å². The van der Waals surface area contributed by atoms with Crippen molar-refractivity contribution in [1.82, 2.24) is 0 Å². The molecule has 1 nitrogen and oxygen atoms in total. The molecular weight excluding hydrogens is 164 g/mol. The summed E-state index contributed by atoms with van der Waals surface area (Å²) in [6.07, 6.45) is 7.47. The van der Waals surface area contributed by atoms with E-state index in [1.165, 1.54) is 38.1 Å². The van der Waals surface area contributed by atoms with Crippen molar-refractivity contribution in [2.24, 2.45) is 0 Å². The van der Waals surface area contributed by atoms with Crippen molar-refractivity contribution < 1.29 is 4.74 Å². The molecule has 12 heavy (non-hydrogen) atoms. The Balaban J connectivity index is 1.98. The standard InChI is InChI=1S/C10H22OSi/c1-12(2)9-8-11-10-6-4-3-5-7-10/h10,12H,3-9H2,1-2H3. The van der Waals surface area contributed by atoms with Gasteiger partial charge in [-0.3, -0.25) is 0 Å². The topological polar surface area (TPSA) is 9.23 Å². The number of ether oxygens (including phenoxy) is 1. The van der Waals surface area contributed by atoms with Gasteiger partial charge in [0.1, 0.15) is 0 Å².